The largest absolute Gasteiger partial charge is 0.469 e. The van der Waals surface area contributed by atoms with E-state index in [2.05, 4.69) is 48.5 Å². The highest BCUT2D eigenvalue weighted by Crippen LogP contribution is 2.24. The molecule has 30 heavy (non-hydrogen) atoms. The van der Waals surface area contributed by atoms with Crippen LogP contribution in [0, 0.1) is 5.92 Å². The zero-order chi connectivity index (χ0) is 21.4. The van der Waals surface area contributed by atoms with Crippen molar-refractivity contribution in [3.05, 3.63) is 59.5 Å². The van der Waals surface area contributed by atoms with E-state index in [-0.39, 0.29) is 5.41 Å². The van der Waals surface area contributed by atoms with E-state index in [1.54, 1.807) is 6.26 Å². The third kappa shape index (κ3) is 6.89. The predicted molar refractivity (Wildman–Crippen MR) is 120 cm³/mol. The van der Waals surface area contributed by atoms with Crippen molar-refractivity contribution in [2.75, 3.05) is 32.8 Å². The van der Waals surface area contributed by atoms with Crippen molar-refractivity contribution >= 4 is 5.96 Å². The Kier molecular flexibility index (Phi) is 7.94. The van der Waals surface area contributed by atoms with Crippen LogP contribution in [0.2, 0.25) is 0 Å². The lowest BCUT2D eigenvalue weighted by molar-refractivity contribution is 0.185. The molecule has 164 valence electrons. The first kappa shape index (κ1) is 22.4. The molecule has 1 aliphatic heterocycles. The van der Waals surface area contributed by atoms with E-state index in [0.29, 0.717) is 25.0 Å². The number of rotatable bonds is 8. The molecule has 1 fully saturated rings. The highest BCUT2D eigenvalue weighted by Gasteiger charge is 2.17. The van der Waals surface area contributed by atoms with Gasteiger partial charge in [0.15, 0.2) is 5.96 Å². The van der Waals surface area contributed by atoms with Crippen LogP contribution in [-0.2, 0) is 16.6 Å². The molecule has 6 nitrogen and oxygen atoms in total. The third-order valence-electron chi connectivity index (χ3n) is 5.41. The average Bonchev–Trinajstić information content (AvgIpc) is 3.43. The van der Waals surface area contributed by atoms with E-state index in [1.165, 1.54) is 5.56 Å². The monoisotopic (exact) mass is 413 g/mol. The van der Waals surface area contributed by atoms with Gasteiger partial charge in [-0.05, 0) is 35.1 Å². The Hall–Kier alpha value is -2.31. The molecule has 0 radical (unpaired) electrons. The fourth-order valence-electron chi connectivity index (χ4n) is 3.41. The van der Waals surface area contributed by atoms with Crippen LogP contribution in [0.5, 0.6) is 0 Å². The summed E-state index contributed by atoms with van der Waals surface area (Å²) in [5.41, 5.74) is 2.23. The number of furan rings is 1. The molecular weight excluding hydrogens is 378 g/mol. The zero-order valence-corrected chi connectivity index (χ0v) is 18.4. The maximum atomic E-state index is 10.6. The number of benzene rings is 1. The number of nitrogens with zero attached hydrogens (tertiary/aromatic N) is 1. The van der Waals surface area contributed by atoms with Crippen LogP contribution in [0.25, 0.3) is 0 Å². The molecule has 2 aromatic rings. The Morgan fingerprint density at radius 2 is 2.00 bits per heavy atom. The summed E-state index contributed by atoms with van der Waals surface area (Å²) in [7, 11) is 0. The molecule has 3 rings (SSSR count). The van der Waals surface area contributed by atoms with E-state index in [9.17, 15) is 5.11 Å². The number of aliphatic hydroxyl groups is 1. The third-order valence-corrected chi connectivity index (χ3v) is 5.41. The van der Waals surface area contributed by atoms with Gasteiger partial charge in [-0.1, -0.05) is 45.0 Å². The average molecular weight is 414 g/mol. The number of hydrogen-bond donors (Lipinski definition) is 3. The van der Waals surface area contributed by atoms with Crippen molar-refractivity contribution in [3.8, 4) is 0 Å². The summed E-state index contributed by atoms with van der Waals surface area (Å²) in [4.78, 5) is 4.62. The Balaban J connectivity index is 1.57. The number of aliphatic imine (C=N–C) groups is 1. The molecular formula is C24H35N3O3. The van der Waals surface area contributed by atoms with E-state index in [1.807, 2.05) is 24.3 Å². The van der Waals surface area contributed by atoms with Gasteiger partial charge in [0.1, 0.15) is 5.76 Å². The molecule has 0 amide bonds. The molecule has 0 aliphatic carbocycles. The van der Waals surface area contributed by atoms with Gasteiger partial charge in [-0.3, -0.25) is 4.99 Å². The molecule has 1 saturated heterocycles. The predicted octanol–water partition coefficient (Wildman–Crippen LogP) is 3.42. The summed E-state index contributed by atoms with van der Waals surface area (Å²) in [6, 6.07) is 12.0. The van der Waals surface area contributed by atoms with Gasteiger partial charge < -0.3 is 24.9 Å². The van der Waals surface area contributed by atoms with Crippen molar-refractivity contribution in [2.24, 2.45) is 10.9 Å². The van der Waals surface area contributed by atoms with Gasteiger partial charge in [0.25, 0.3) is 0 Å². The van der Waals surface area contributed by atoms with Gasteiger partial charge in [-0.15, -0.1) is 0 Å². The van der Waals surface area contributed by atoms with Gasteiger partial charge >= 0.3 is 0 Å². The molecule has 0 saturated carbocycles. The standard InChI is InChI=1S/C24H35N3O3/c1-24(2,3)20-8-6-19(7-9-20)22(28)16-27-23(26-15-18-11-14-29-17-18)25-12-10-21-5-4-13-30-21/h4-9,13,18,22,28H,10-12,14-17H2,1-3H3,(H2,25,26,27). The number of aliphatic hydroxyl groups excluding tert-OH is 1. The number of guanidine groups is 1. The second-order valence-corrected chi connectivity index (χ2v) is 8.94. The van der Waals surface area contributed by atoms with Crippen molar-refractivity contribution in [1.82, 2.24) is 10.6 Å². The second-order valence-electron chi connectivity index (χ2n) is 8.94. The van der Waals surface area contributed by atoms with Crippen molar-refractivity contribution in [3.63, 3.8) is 0 Å². The van der Waals surface area contributed by atoms with Crippen LogP contribution < -0.4 is 10.6 Å². The fourth-order valence-corrected chi connectivity index (χ4v) is 3.41. The maximum absolute atomic E-state index is 10.6. The SMILES string of the molecule is CC(C)(C)c1ccc(C(O)CN=C(NCCc2ccco2)NCC2CCOC2)cc1. The highest BCUT2D eigenvalue weighted by molar-refractivity contribution is 5.79. The molecule has 1 aliphatic rings. The molecule has 3 N–H and O–H groups in total. The lowest BCUT2D eigenvalue weighted by Crippen LogP contribution is -2.41. The molecule has 6 heteroatoms. The minimum absolute atomic E-state index is 0.0978. The molecule has 2 heterocycles. The summed E-state index contributed by atoms with van der Waals surface area (Å²) in [6.45, 7) is 9.98. The molecule has 0 spiro atoms. The van der Waals surface area contributed by atoms with Gasteiger partial charge in [0.2, 0.25) is 0 Å². The highest BCUT2D eigenvalue weighted by atomic mass is 16.5. The van der Waals surface area contributed by atoms with Crippen molar-refractivity contribution in [1.29, 1.82) is 0 Å². The minimum Gasteiger partial charge on any atom is -0.469 e. The Labute approximate surface area is 179 Å². The summed E-state index contributed by atoms with van der Waals surface area (Å²) in [5, 5.41) is 17.4. The van der Waals surface area contributed by atoms with E-state index >= 15 is 0 Å². The summed E-state index contributed by atoms with van der Waals surface area (Å²) < 4.78 is 10.8. The van der Waals surface area contributed by atoms with Crippen LogP contribution >= 0.6 is 0 Å². The van der Waals surface area contributed by atoms with Crippen molar-refractivity contribution in [2.45, 2.75) is 45.1 Å². The molecule has 2 atom stereocenters. The first-order valence-electron chi connectivity index (χ1n) is 10.8. The topological polar surface area (TPSA) is 79.0 Å². The molecule has 1 aromatic carbocycles. The fraction of sp³-hybridized carbons (Fsp3) is 0.542. The number of hydrogen-bond acceptors (Lipinski definition) is 4. The van der Waals surface area contributed by atoms with E-state index in [4.69, 9.17) is 9.15 Å². The molecule has 0 bridgehead atoms. The number of nitrogens with one attached hydrogen (secondary N) is 2. The van der Waals surface area contributed by atoms with Crippen LogP contribution in [0.15, 0.2) is 52.1 Å². The van der Waals surface area contributed by atoms with Crippen molar-refractivity contribution < 1.29 is 14.3 Å². The zero-order valence-electron chi connectivity index (χ0n) is 18.4. The minimum atomic E-state index is -0.641. The summed E-state index contributed by atoms with van der Waals surface area (Å²) >= 11 is 0. The smallest absolute Gasteiger partial charge is 0.191 e. The van der Waals surface area contributed by atoms with Crippen LogP contribution in [0.1, 0.15) is 50.2 Å². The quantitative estimate of drug-likeness (QED) is 0.456. The van der Waals surface area contributed by atoms with Gasteiger partial charge in [0, 0.05) is 32.0 Å². The first-order valence-corrected chi connectivity index (χ1v) is 10.8. The van der Waals surface area contributed by atoms with Crippen LogP contribution in [0.3, 0.4) is 0 Å². The molecule has 1 aromatic heterocycles. The first-order chi connectivity index (χ1) is 14.4. The number of ether oxygens (including phenoxy) is 1. The van der Waals surface area contributed by atoms with Crippen LogP contribution in [-0.4, -0.2) is 43.9 Å². The summed E-state index contributed by atoms with van der Waals surface area (Å²) in [6.07, 6.45) is 2.88. The Morgan fingerprint density at radius 1 is 1.20 bits per heavy atom. The maximum Gasteiger partial charge on any atom is 0.191 e. The van der Waals surface area contributed by atoms with Gasteiger partial charge in [-0.25, -0.2) is 0 Å². The Bertz CT molecular complexity index is 773. The van der Waals surface area contributed by atoms with E-state index < -0.39 is 6.10 Å². The second kappa shape index (κ2) is 10.6. The van der Waals surface area contributed by atoms with E-state index in [0.717, 1.165) is 43.9 Å². The van der Waals surface area contributed by atoms with Crippen LogP contribution in [0.4, 0.5) is 0 Å². The van der Waals surface area contributed by atoms with Gasteiger partial charge in [0.05, 0.1) is 25.5 Å². The van der Waals surface area contributed by atoms with Gasteiger partial charge in [-0.2, -0.15) is 0 Å². The summed E-state index contributed by atoms with van der Waals surface area (Å²) in [5.74, 6) is 2.14. The lowest BCUT2D eigenvalue weighted by atomic mass is 9.86. The molecule has 2 unspecified atom stereocenters. The Morgan fingerprint density at radius 3 is 2.63 bits per heavy atom. The normalized spacial score (nSPS) is 18.4. The lowest BCUT2D eigenvalue weighted by Gasteiger charge is -2.20.